The van der Waals surface area contributed by atoms with Crippen LogP contribution < -0.4 is 19.2 Å². The van der Waals surface area contributed by atoms with Crippen molar-refractivity contribution in [2.75, 3.05) is 24.6 Å². The highest BCUT2D eigenvalue weighted by atomic mass is 32.2. The van der Waals surface area contributed by atoms with Crippen molar-refractivity contribution in [2.24, 2.45) is 5.10 Å². The van der Waals surface area contributed by atoms with Gasteiger partial charge < -0.3 is 9.47 Å². The Balaban J connectivity index is 1.72. The Morgan fingerprint density at radius 1 is 1.00 bits per heavy atom. The second kappa shape index (κ2) is 12.6. The summed E-state index contributed by atoms with van der Waals surface area (Å²) in [7, 11) is -2.53. The average molecular weight is 496 g/mol. The van der Waals surface area contributed by atoms with Gasteiger partial charge >= 0.3 is 0 Å². The number of amides is 1. The molecule has 184 valence electrons. The lowest BCUT2D eigenvalue weighted by Gasteiger charge is -2.24. The van der Waals surface area contributed by atoms with Crippen LogP contribution in [0.1, 0.15) is 25.3 Å². The molecule has 0 radical (unpaired) electrons. The van der Waals surface area contributed by atoms with E-state index >= 15 is 0 Å². The lowest BCUT2D eigenvalue weighted by molar-refractivity contribution is -0.119. The number of hydrazone groups is 1. The molecule has 3 rings (SSSR count). The number of benzene rings is 3. The van der Waals surface area contributed by atoms with E-state index in [9.17, 15) is 13.2 Å². The van der Waals surface area contributed by atoms with Crippen molar-refractivity contribution in [1.82, 2.24) is 5.43 Å². The molecule has 3 aromatic rings. The van der Waals surface area contributed by atoms with Crippen molar-refractivity contribution in [3.05, 3.63) is 84.4 Å². The van der Waals surface area contributed by atoms with Gasteiger partial charge in [-0.05, 0) is 60.5 Å². The van der Waals surface area contributed by atoms with Gasteiger partial charge in [0.1, 0.15) is 18.0 Å². The number of rotatable bonds is 12. The summed E-state index contributed by atoms with van der Waals surface area (Å²) in [6, 6.07) is 21.7. The zero-order chi connectivity index (χ0) is 25.1. The van der Waals surface area contributed by atoms with Crippen LogP contribution in [0.3, 0.4) is 0 Å². The fourth-order valence-electron chi connectivity index (χ4n) is 3.13. The SMILES string of the molecule is CCCCOc1ccc(/C=N\NC(=O)CN(c2cccc(OC)c2)S(=O)(=O)c2ccccc2)cc1. The Hall–Kier alpha value is -3.85. The number of sulfonamides is 1. The molecular formula is C26H29N3O5S. The van der Waals surface area contributed by atoms with Gasteiger partial charge in [0.25, 0.3) is 15.9 Å². The fourth-order valence-corrected chi connectivity index (χ4v) is 4.56. The number of carbonyl (C=O) groups is 1. The van der Waals surface area contributed by atoms with Gasteiger partial charge in [-0.1, -0.05) is 37.6 Å². The smallest absolute Gasteiger partial charge is 0.264 e. The molecule has 0 heterocycles. The van der Waals surface area contributed by atoms with Crippen molar-refractivity contribution in [2.45, 2.75) is 24.7 Å². The summed E-state index contributed by atoms with van der Waals surface area (Å²) in [5, 5.41) is 3.97. The molecule has 1 amide bonds. The van der Waals surface area contributed by atoms with E-state index in [0.29, 0.717) is 18.0 Å². The van der Waals surface area contributed by atoms with E-state index in [1.807, 2.05) is 24.3 Å². The van der Waals surface area contributed by atoms with E-state index in [1.165, 1.54) is 25.5 Å². The summed E-state index contributed by atoms with van der Waals surface area (Å²) >= 11 is 0. The second-order valence-corrected chi connectivity index (χ2v) is 9.45. The molecule has 0 aliphatic carbocycles. The monoisotopic (exact) mass is 495 g/mol. The Labute approximate surface area is 206 Å². The van der Waals surface area contributed by atoms with Crippen LogP contribution in [0.5, 0.6) is 11.5 Å². The molecule has 0 spiro atoms. The van der Waals surface area contributed by atoms with Crippen molar-refractivity contribution >= 4 is 27.8 Å². The normalized spacial score (nSPS) is 11.3. The first-order valence-electron chi connectivity index (χ1n) is 11.2. The summed E-state index contributed by atoms with van der Waals surface area (Å²) in [4.78, 5) is 12.7. The third kappa shape index (κ3) is 7.31. The fraction of sp³-hybridized carbons (Fsp3) is 0.231. The highest BCUT2D eigenvalue weighted by molar-refractivity contribution is 7.92. The predicted molar refractivity (Wildman–Crippen MR) is 137 cm³/mol. The summed E-state index contributed by atoms with van der Waals surface area (Å²) in [5.74, 6) is 0.638. The van der Waals surface area contributed by atoms with Gasteiger partial charge in [0, 0.05) is 6.07 Å². The minimum Gasteiger partial charge on any atom is -0.497 e. The van der Waals surface area contributed by atoms with Crippen LogP contribution >= 0.6 is 0 Å². The van der Waals surface area contributed by atoms with Gasteiger partial charge in [0.2, 0.25) is 0 Å². The van der Waals surface area contributed by atoms with Crippen LogP contribution in [-0.4, -0.2) is 40.8 Å². The van der Waals surface area contributed by atoms with E-state index in [2.05, 4.69) is 17.5 Å². The van der Waals surface area contributed by atoms with E-state index in [4.69, 9.17) is 9.47 Å². The zero-order valence-electron chi connectivity index (χ0n) is 19.8. The van der Waals surface area contributed by atoms with Crippen molar-refractivity contribution in [1.29, 1.82) is 0 Å². The molecule has 0 bridgehead atoms. The summed E-state index contributed by atoms with van der Waals surface area (Å²) in [5.41, 5.74) is 3.46. The Bertz CT molecular complexity index is 1230. The third-order valence-electron chi connectivity index (χ3n) is 5.01. The minimum absolute atomic E-state index is 0.0698. The quantitative estimate of drug-likeness (QED) is 0.231. The summed E-state index contributed by atoms with van der Waals surface area (Å²) in [6.45, 7) is 2.30. The molecular weight excluding hydrogens is 466 g/mol. The number of nitrogens with zero attached hydrogens (tertiary/aromatic N) is 2. The van der Waals surface area contributed by atoms with E-state index in [-0.39, 0.29) is 4.90 Å². The van der Waals surface area contributed by atoms with Crippen LogP contribution in [0.25, 0.3) is 0 Å². The molecule has 0 atom stereocenters. The van der Waals surface area contributed by atoms with Gasteiger partial charge in [0.05, 0.1) is 30.5 Å². The van der Waals surface area contributed by atoms with Gasteiger partial charge in [-0.2, -0.15) is 5.10 Å². The number of hydrogen-bond acceptors (Lipinski definition) is 6. The van der Waals surface area contributed by atoms with E-state index < -0.39 is 22.5 Å². The molecule has 1 N–H and O–H groups in total. The van der Waals surface area contributed by atoms with E-state index in [0.717, 1.165) is 28.5 Å². The maximum atomic E-state index is 13.3. The van der Waals surface area contributed by atoms with Gasteiger partial charge in [-0.25, -0.2) is 13.8 Å². The standard InChI is InChI=1S/C26H29N3O5S/c1-3-4-17-34-23-15-13-21(14-16-23)19-27-28-26(30)20-29(22-9-8-10-24(18-22)33-2)35(31,32)25-11-6-5-7-12-25/h5-16,18-19H,3-4,17,20H2,1-2H3,(H,28,30)/b27-19-. The molecule has 0 aromatic heterocycles. The van der Waals surface area contributed by atoms with Gasteiger partial charge in [0.15, 0.2) is 0 Å². The second-order valence-electron chi connectivity index (χ2n) is 7.59. The molecule has 0 saturated heterocycles. The number of nitrogens with one attached hydrogen (secondary N) is 1. The Morgan fingerprint density at radius 3 is 2.43 bits per heavy atom. The molecule has 0 aliphatic rings. The number of hydrogen-bond donors (Lipinski definition) is 1. The van der Waals surface area contributed by atoms with Crippen molar-refractivity contribution in [3.8, 4) is 11.5 Å². The first-order chi connectivity index (χ1) is 16.9. The topological polar surface area (TPSA) is 97.3 Å². The largest absolute Gasteiger partial charge is 0.497 e. The molecule has 0 fully saturated rings. The van der Waals surface area contributed by atoms with Gasteiger partial charge in [-0.15, -0.1) is 0 Å². The minimum atomic E-state index is -4.01. The number of anilines is 1. The van der Waals surface area contributed by atoms with Crippen LogP contribution in [0.4, 0.5) is 5.69 Å². The highest BCUT2D eigenvalue weighted by Crippen LogP contribution is 2.26. The number of carbonyl (C=O) groups excluding carboxylic acids is 1. The lowest BCUT2D eigenvalue weighted by Crippen LogP contribution is -2.39. The van der Waals surface area contributed by atoms with Crippen LogP contribution in [0.15, 0.2) is 88.9 Å². The lowest BCUT2D eigenvalue weighted by atomic mass is 10.2. The highest BCUT2D eigenvalue weighted by Gasteiger charge is 2.27. The number of methoxy groups -OCH3 is 1. The van der Waals surface area contributed by atoms with Crippen LogP contribution in [-0.2, 0) is 14.8 Å². The number of unbranched alkanes of at least 4 members (excludes halogenated alkanes) is 1. The zero-order valence-corrected chi connectivity index (χ0v) is 20.6. The summed E-state index contributed by atoms with van der Waals surface area (Å²) < 4.78 is 38.6. The molecule has 0 unspecified atom stereocenters. The summed E-state index contributed by atoms with van der Waals surface area (Å²) in [6.07, 6.45) is 3.53. The van der Waals surface area contributed by atoms with Crippen molar-refractivity contribution < 1.29 is 22.7 Å². The first-order valence-corrected chi connectivity index (χ1v) is 12.6. The maximum Gasteiger partial charge on any atom is 0.264 e. The molecule has 3 aromatic carbocycles. The van der Waals surface area contributed by atoms with E-state index in [1.54, 1.807) is 42.5 Å². The average Bonchev–Trinajstić information content (AvgIpc) is 2.89. The maximum absolute atomic E-state index is 13.3. The van der Waals surface area contributed by atoms with Crippen LogP contribution in [0, 0.1) is 0 Å². The Kier molecular flexibility index (Phi) is 9.25. The van der Waals surface area contributed by atoms with Crippen LogP contribution in [0.2, 0.25) is 0 Å². The molecule has 35 heavy (non-hydrogen) atoms. The molecule has 0 saturated carbocycles. The molecule has 0 aliphatic heterocycles. The third-order valence-corrected chi connectivity index (χ3v) is 6.80. The van der Waals surface area contributed by atoms with Gasteiger partial charge in [-0.3, -0.25) is 9.10 Å². The molecule has 8 nitrogen and oxygen atoms in total. The first kappa shape index (κ1) is 25.8. The number of ether oxygens (including phenoxy) is 2. The molecule has 9 heteroatoms. The predicted octanol–water partition coefficient (Wildman–Crippen LogP) is 4.22. The Morgan fingerprint density at radius 2 is 1.74 bits per heavy atom. The van der Waals surface area contributed by atoms with Crippen molar-refractivity contribution in [3.63, 3.8) is 0 Å².